The van der Waals surface area contributed by atoms with Crippen LogP contribution in [0.5, 0.6) is 17.2 Å². The van der Waals surface area contributed by atoms with E-state index in [1.54, 1.807) is 13.3 Å². The summed E-state index contributed by atoms with van der Waals surface area (Å²) in [5.74, 6) is 2.01. The molecule has 0 aliphatic carbocycles. The van der Waals surface area contributed by atoms with Gasteiger partial charge in [0.2, 0.25) is 0 Å². The minimum absolute atomic E-state index is 0.650. The van der Waals surface area contributed by atoms with Gasteiger partial charge in [0, 0.05) is 6.21 Å². The van der Waals surface area contributed by atoms with Crippen molar-refractivity contribution in [1.29, 1.82) is 0 Å². The van der Waals surface area contributed by atoms with E-state index in [4.69, 9.17) is 9.47 Å². The van der Waals surface area contributed by atoms with Crippen molar-refractivity contribution in [3.8, 4) is 17.2 Å². The molecule has 0 amide bonds. The van der Waals surface area contributed by atoms with E-state index in [1.165, 1.54) is 0 Å². The average Bonchev–Trinajstić information content (AvgIpc) is 2.68. The highest BCUT2D eigenvalue weighted by Gasteiger charge is 2.04. The van der Waals surface area contributed by atoms with Gasteiger partial charge in [0.15, 0.2) is 22.5 Å². The number of hydrogen-bond donors (Lipinski definition) is 0. The Balaban J connectivity index is 1.67. The van der Waals surface area contributed by atoms with Crippen molar-refractivity contribution in [1.82, 2.24) is 0 Å². The van der Waals surface area contributed by atoms with Crippen molar-refractivity contribution >= 4 is 17.2 Å². The van der Waals surface area contributed by atoms with Crippen LogP contribution in [0.3, 0.4) is 0 Å². The lowest BCUT2D eigenvalue weighted by Gasteiger charge is -2.09. The van der Waals surface area contributed by atoms with Gasteiger partial charge in [0.05, 0.1) is 12.0 Å². The van der Waals surface area contributed by atoms with Gasteiger partial charge in [-0.1, -0.05) is 29.8 Å². The predicted molar refractivity (Wildman–Crippen MR) is 105 cm³/mol. The molecule has 3 aromatic carbocycles. The third-order valence-corrected chi connectivity index (χ3v) is 4.67. The van der Waals surface area contributed by atoms with Crippen LogP contribution in [0.15, 0.2) is 82.1 Å². The zero-order chi connectivity index (χ0) is 18.4. The zero-order valence-corrected chi connectivity index (χ0v) is 15.4. The maximum atomic E-state index is 12.2. The van der Waals surface area contributed by atoms with Crippen molar-refractivity contribution in [3.05, 3.63) is 83.9 Å². The molecule has 26 heavy (non-hydrogen) atoms. The second-order valence-corrected chi connectivity index (χ2v) is 6.80. The van der Waals surface area contributed by atoms with Gasteiger partial charge in [-0.3, -0.25) is 0 Å². The predicted octanol–water partition coefficient (Wildman–Crippen LogP) is 4.94. The first-order valence-corrected chi connectivity index (χ1v) is 9.20. The molecule has 0 saturated carbocycles. The number of hydrogen-bond acceptors (Lipinski definition) is 3. The number of methoxy groups -OCH3 is 1. The third-order valence-electron chi connectivity index (χ3n) is 3.70. The number of para-hydroxylation sites is 2. The third kappa shape index (κ3) is 4.58. The molecule has 0 unspecified atom stereocenters. The molecule has 1 atom stereocenters. The van der Waals surface area contributed by atoms with Crippen LogP contribution >= 0.6 is 0 Å². The summed E-state index contributed by atoms with van der Waals surface area (Å²) in [5.41, 5.74) is 1.97. The number of aryl methyl sites for hydroxylation is 1. The summed E-state index contributed by atoms with van der Waals surface area (Å²) in [6, 6.07) is 22.4. The fraction of sp³-hybridized carbons (Fsp3) is 0.0952. The number of benzene rings is 3. The monoisotopic (exact) mass is 365 g/mol. The Kier molecular flexibility index (Phi) is 5.81. The molecule has 0 spiro atoms. The maximum Gasteiger partial charge on any atom is 0.172 e. The van der Waals surface area contributed by atoms with E-state index < -0.39 is 11.0 Å². The summed E-state index contributed by atoms with van der Waals surface area (Å²) in [4.78, 5) is 0.683. The molecular formula is C21H19NO3S. The van der Waals surface area contributed by atoms with Crippen LogP contribution in [0.4, 0.5) is 0 Å². The van der Waals surface area contributed by atoms with Crippen LogP contribution in [0.25, 0.3) is 0 Å². The van der Waals surface area contributed by atoms with Crippen LogP contribution in [0, 0.1) is 6.92 Å². The van der Waals surface area contributed by atoms with Crippen molar-refractivity contribution in [3.63, 3.8) is 0 Å². The van der Waals surface area contributed by atoms with Crippen molar-refractivity contribution in [2.45, 2.75) is 11.8 Å². The van der Waals surface area contributed by atoms with E-state index >= 15 is 0 Å². The Morgan fingerprint density at radius 1 is 0.885 bits per heavy atom. The highest BCUT2D eigenvalue weighted by Crippen LogP contribution is 2.30. The molecule has 0 fully saturated rings. The fourth-order valence-corrected chi connectivity index (χ4v) is 2.98. The topological polar surface area (TPSA) is 47.9 Å². The molecule has 3 aromatic rings. The molecule has 0 aliphatic heterocycles. The molecule has 0 aromatic heterocycles. The number of nitrogens with zero attached hydrogens (tertiary/aromatic N) is 1. The van der Waals surface area contributed by atoms with Crippen LogP contribution in [-0.2, 0) is 11.0 Å². The van der Waals surface area contributed by atoms with Crippen molar-refractivity contribution < 1.29 is 13.7 Å². The van der Waals surface area contributed by atoms with E-state index in [1.807, 2.05) is 79.7 Å². The lowest BCUT2D eigenvalue weighted by atomic mass is 10.2. The molecule has 0 heterocycles. The smallest absolute Gasteiger partial charge is 0.172 e. The molecular weight excluding hydrogens is 346 g/mol. The van der Waals surface area contributed by atoms with E-state index in [-0.39, 0.29) is 0 Å². The Bertz CT molecular complexity index is 919. The summed E-state index contributed by atoms with van der Waals surface area (Å²) < 4.78 is 27.4. The molecule has 3 rings (SSSR count). The zero-order valence-electron chi connectivity index (χ0n) is 14.6. The lowest BCUT2D eigenvalue weighted by molar-refractivity contribution is 0.379. The van der Waals surface area contributed by atoms with Gasteiger partial charge in [-0.15, -0.1) is 0 Å². The second kappa shape index (κ2) is 8.45. The van der Waals surface area contributed by atoms with Crippen molar-refractivity contribution in [2.75, 3.05) is 7.11 Å². The summed E-state index contributed by atoms with van der Waals surface area (Å²) in [5, 5.41) is 0. The largest absolute Gasteiger partial charge is 0.493 e. The molecule has 0 saturated heterocycles. The highest BCUT2D eigenvalue weighted by molar-refractivity contribution is 7.83. The van der Waals surface area contributed by atoms with Crippen LogP contribution in [0.2, 0.25) is 0 Å². The summed E-state index contributed by atoms with van der Waals surface area (Å²) >= 11 is 0. The quantitative estimate of drug-likeness (QED) is 0.582. The molecule has 0 N–H and O–H groups in total. The lowest BCUT2D eigenvalue weighted by Crippen LogP contribution is -1.91. The van der Waals surface area contributed by atoms with E-state index in [9.17, 15) is 4.21 Å². The Morgan fingerprint density at radius 2 is 1.54 bits per heavy atom. The molecule has 5 heteroatoms. The van der Waals surface area contributed by atoms with Crippen LogP contribution in [-0.4, -0.2) is 17.5 Å². The molecule has 0 radical (unpaired) electrons. The van der Waals surface area contributed by atoms with E-state index in [2.05, 4.69) is 4.40 Å². The van der Waals surface area contributed by atoms with Gasteiger partial charge in [-0.2, -0.15) is 4.40 Å². The van der Waals surface area contributed by atoms with Crippen LogP contribution < -0.4 is 9.47 Å². The first kappa shape index (κ1) is 17.9. The fourth-order valence-electron chi connectivity index (χ4n) is 2.28. The number of ether oxygens (including phenoxy) is 2. The maximum absolute atomic E-state index is 12.2. The minimum atomic E-state index is -1.41. The Labute approximate surface area is 155 Å². The molecule has 0 aliphatic rings. The first-order valence-electron chi connectivity index (χ1n) is 8.09. The minimum Gasteiger partial charge on any atom is -0.493 e. The molecule has 0 bridgehead atoms. The van der Waals surface area contributed by atoms with Crippen LogP contribution in [0.1, 0.15) is 11.1 Å². The van der Waals surface area contributed by atoms with E-state index in [0.717, 1.165) is 11.1 Å². The molecule has 4 nitrogen and oxygen atoms in total. The Morgan fingerprint density at radius 3 is 2.19 bits per heavy atom. The van der Waals surface area contributed by atoms with Gasteiger partial charge >= 0.3 is 0 Å². The van der Waals surface area contributed by atoms with Gasteiger partial charge in [-0.05, 0) is 61.0 Å². The van der Waals surface area contributed by atoms with Gasteiger partial charge in [0.1, 0.15) is 5.75 Å². The number of rotatable bonds is 6. The Hall–Kier alpha value is -2.92. The van der Waals surface area contributed by atoms with Gasteiger partial charge < -0.3 is 9.47 Å². The SMILES string of the molecule is COc1ccccc1Oc1ccc(C=N[S@](=O)c2ccc(C)cc2)cc1. The standard InChI is InChI=1S/C21H19NO3S/c1-16-7-13-19(14-8-16)26(23)22-15-17-9-11-18(12-10-17)25-21-6-4-3-5-20(21)24-2/h3-15H,1-2H3/t26-/m1/s1. The summed E-state index contributed by atoms with van der Waals surface area (Å²) in [7, 11) is 0.195. The van der Waals surface area contributed by atoms with Gasteiger partial charge in [-0.25, -0.2) is 4.21 Å². The molecule has 132 valence electrons. The normalized spacial score (nSPS) is 12.1. The summed E-state index contributed by atoms with van der Waals surface area (Å²) in [6.07, 6.45) is 1.60. The first-order chi connectivity index (χ1) is 12.7. The van der Waals surface area contributed by atoms with Gasteiger partial charge in [0.25, 0.3) is 0 Å². The second-order valence-electron chi connectivity index (χ2n) is 5.62. The van der Waals surface area contributed by atoms with E-state index in [0.29, 0.717) is 22.1 Å². The highest BCUT2D eigenvalue weighted by atomic mass is 32.2. The average molecular weight is 365 g/mol. The summed E-state index contributed by atoms with van der Waals surface area (Å²) in [6.45, 7) is 1.99. The van der Waals surface area contributed by atoms with Crippen molar-refractivity contribution in [2.24, 2.45) is 4.40 Å².